The largest absolute Gasteiger partial charge is 0.341 e. The van der Waals surface area contributed by atoms with Gasteiger partial charge in [0.05, 0.1) is 5.75 Å². The maximum absolute atomic E-state index is 12.2. The van der Waals surface area contributed by atoms with Crippen molar-refractivity contribution in [3.05, 3.63) is 18.5 Å². The molecule has 23 heavy (non-hydrogen) atoms. The van der Waals surface area contributed by atoms with E-state index in [-0.39, 0.29) is 5.75 Å². The van der Waals surface area contributed by atoms with E-state index in [1.54, 1.807) is 16.7 Å². The van der Waals surface area contributed by atoms with Crippen molar-refractivity contribution in [2.45, 2.75) is 32.6 Å². The minimum atomic E-state index is -3.03. The molecule has 1 atom stereocenters. The Balaban J connectivity index is 1.53. The number of sulfonamides is 1. The summed E-state index contributed by atoms with van der Waals surface area (Å²) in [6, 6.07) is 1.83. The topological polar surface area (TPSA) is 66.4 Å². The van der Waals surface area contributed by atoms with E-state index in [0.717, 1.165) is 44.8 Å². The van der Waals surface area contributed by atoms with E-state index in [1.807, 2.05) is 13.0 Å². The Kier molecular flexibility index (Phi) is 5.16. The Labute approximate surface area is 139 Å². The normalized spacial score (nSPS) is 24.2. The number of nitrogens with zero attached hydrogens (tertiary/aromatic N) is 4. The number of hydrogen-bond donors (Lipinski definition) is 0. The van der Waals surface area contributed by atoms with Crippen molar-refractivity contribution in [1.82, 2.24) is 14.3 Å². The van der Waals surface area contributed by atoms with Crippen molar-refractivity contribution in [3.8, 4) is 0 Å². The van der Waals surface area contributed by atoms with Gasteiger partial charge in [0.15, 0.2) is 0 Å². The SMILES string of the molecule is CCCS(=O)(=O)N1CCC(C2CCN(c3ncccn3)CC2)C1. The molecule has 1 aromatic heterocycles. The predicted molar refractivity (Wildman–Crippen MR) is 90.7 cm³/mol. The summed E-state index contributed by atoms with van der Waals surface area (Å²) in [5.74, 6) is 2.23. The zero-order chi connectivity index (χ0) is 16.3. The number of rotatable bonds is 5. The molecule has 0 radical (unpaired) electrons. The van der Waals surface area contributed by atoms with Gasteiger partial charge in [-0.25, -0.2) is 22.7 Å². The van der Waals surface area contributed by atoms with Gasteiger partial charge in [0.1, 0.15) is 0 Å². The van der Waals surface area contributed by atoms with Gasteiger partial charge in [-0.3, -0.25) is 0 Å². The van der Waals surface area contributed by atoms with Crippen LogP contribution in [0.25, 0.3) is 0 Å². The van der Waals surface area contributed by atoms with Gasteiger partial charge in [-0.15, -0.1) is 0 Å². The molecule has 0 N–H and O–H groups in total. The molecule has 3 heterocycles. The molecule has 0 aromatic carbocycles. The first-order chi connectivity index (χ1) is 11.1. The quantitative estimate of drug-likeness (QED) is 0.818. The van der Waals surface area contributed by atoms with Crippen LogP contribution in [-0.4, -0.2) is 54.6 Å². The highest BCUT2D eigenvalue weighted by Crippen LogP contribution is 2.33. The average molecular weight is 338 g/mol. The first-order valence-corrected chi connectivity index (χ1v) is 10.2. The van der Waals surface area contributed by atoms with Crippen LogP contribution in [-0.2, 0) is 10.0 Å². The summed E-state index contributed by atoms with van der Waals surface area (Å²) in [4.78, 5) is 10.9. The van der Waals surface area contributed by atoms with Crippen LogP contribution in [0.15, 0.2) is 18.5 Å². The van der Waals surface area contributed by atoms with Gasteiger partial charge in [0.25, 0.3) is 0 Å². The van der Waals surface area contributed by atoms with Crippen molar-refractivity contribution in [2.75, 3.05) is 36.8 Å². The van der Waals surface area contributed by atoms with Gasteiger partial charge in [0, 0.05) is 38.6 Å². The second-order valence-corrected chi connectivity index (χ2v) is 8.68. The minimum absolute atomic E-state index is 0.281. The summed E-state index contributed by atoms with van der Waals surface area (Å²) in [6.45, 7) is 5.27. The summed E-state index contributed by atoms with van der Waals surface area (Å²) in [7, 11) is -3.03. The van der Waals surface area contributed by atoms with Gasteiger partial charge in [-0.2, -0.15) is 0 Å². The molecule has 1 unspecified atom stereocenters. The second-order valence-electron chi connectivity index (χ2n) is 6.60. The third-order valence-electron chi connectivity index (χ3n) is 5.08. The molecule has 0 spiro atoms. The first-order valence-electron chi connectivity index (χ1n) is 8.60. The number of hydrogen-bond acceptors (Lipinski definition) is 5. The molecular formula is C16H26N4O2S. The Morgan fingerprint density at radius 2 is 1.74 bits per heavy atom. The fourth-order valence-electron chi connectivity index (χ4n) is 3.80. The summed E-state index contributed by atoms with van der Waals surface area (Å²) in [5.41, 5.74) is 0. The molecule has 2 saturated heterocycles. The lowest BCUT2D eigenvalue weighted by Gasteiger charge is -2.34. The maximum atomic E-state index is 12.2. The Hall–Kier alpha value is -1.21. The predicted octanol–water partition coefficient (Wildman–Crippen LogP) is 1.75. The highest BCUT2D eigenvalue weighted by Gasteiger charge is 2.36. The minimum Gasteiger partial charge on any atom is -0.341 e. The Bertz CT molecular complexity index is 600. The van der Waals surface area contributed by atoms with Crippen molar-refractivity contribution < 1.29 is 8.42 Å². The third-order valence-corrected chi connectivity index (χ3v) is 7.13. The lowest BCUT2D eigenvalue weighted by molar-refractivity contribution is 0.281. The highest BCUT2D eigenvalue weighted by molar-refractivity contribution is 7.89. The molecule has 0 bridgehead atoms. The van der Waals surface area contributed by atoms with E-state index < -0.39 is 10.0 Å². The van der Waals surface area contributed by atoms with E-state index >= 15 is 0 Å². The first kappa shape index (κ1) is 16.6. The highest BCUT2D eigenvalue weighted by atomic mass is 32.2. The van der Waals surface area contributed by atoms with E-state index in [1.165, 1.54) is 0 Å². The molecule has 0 aliphatic carbocycles. The average Bonchev–Trinajstić information content (AvgIpc) is 3.07. The smallest absolute Gasteiger partial charge is 0.225 e. The summed E-state index contributed by atoms with van der Waals surface area (Å²) in [6.07, 6.45) is 7.47. The molecule has 2 aliphatic heterocycles. The van der Waals surface area contributed by atoms with Crippen LogP contribution in [0.5, 0.6) is 0 Å². The van der Waals surface area contributed by atoms with Crippen LogP contribution in [0.3, 0.4) is 0 Å². The Morgan fingerprint density at radius 1 is 1.09 bits per heavy atom. The molecule has 2 aliphatic rings. The summed E-state index contributed by atoms with van der Waals surface area (Å²) >= 11 is 0. The lowest BCUT2D eigenvalue weighted by atomic mass is 9.84. The number of aromatic nitrogens is 2. The summed E-state index contributed by atoms with van der Waals surface area (Å²) < 4.78 is 26.1. The van der Waals surface area contributed by atoms with Crippen LogP contribution >= 0.6 is 0 Å². The number of piperidine rings is 1. The van der Waals surface area contributed by atoms with Crippen LogP contribution in [0, 0.1) is 11.8 Å². The van der Waals surface area contributed by atoms with Gasteiger partial charge in [-0.05, 0) is 43.6 Å². The van der Waals surface area contributed by atoms with Crippen LogP contribution < -0.4 is 4.90 Å². The van der Waals surface area contributed by atoms with E-state index in [2.05, 4.69) is 14.9 Å². The number of anilines is 1. The van der Waals surface area contributed by atoms with E-state index in [4.69, 9.17) is 0 Å². The zero-order valence-electron chi connectivity index (χ0n) is 13.8. The molecule has 7 heteroatoms. The maximum Gasteiger partial charge on any atom is 0.225 e. The van der Waals surface area contributed by atoms with E-state index in [9.17, 15) is 8.42 Å². The zero-order valence-corrected chi connectivity index (χ0v) is 14.6. The molecule has 128 valence electrons. The van der Waals surface area contributed by atoms with Crippen molar-refractivity contribution in [1.29, 1.82) is 0 Å². The van der Waals surface area contributed by atoms with Gasteiger partial charge in [0.2, 0.25) is 16.0 Å². The van der Waals surface area contributed by atoms with Crippen molar-refractivity contribution in [2.24, 2.45) is 11.8 Å². The standard InChI is InChI=1S/C16H26N4O2S/c1-2-12-23(21,22)20-11-6-15(13-20)14-4-9-19(10-5-14)16-17-7-3-8-18-16/h3,7-8,14-15H,2,4-6,9-13H2,1H3. The van der Waals surface area contributed by atoms with Crippen LogP contribution in [0.1, 0.15) is 32.6 Å². The second kappa shape index (κ2) is 7.13. The van der Waals surface area contributed by atoms with Crippen molar-refractivity contribution >= 4 is 16.0 Å². The molecule has 6 nitrogen and oxygen atoms in total. The van der Waals surface area contributed by atoms with Gasteiger partial charge in [-0.1, -0.05) is 6.92 Å². The molecule has 2 fully saturated rings. The summed E-state index contributed by atoms with van der Waals surface area (Å²) in [5, 5.41) is 0. The lowest BCUT2D eigenvalue weighted by Crippen LogP contribution is -2.38. The van der Waals surface area contributed by atoms with Crippen LogP contribution in [0.2, 0.25) is 0 Å². The van der Waals surface area contributed by atoms with Gasteiger partial charge >= 0.3 is 0 Å². The fourth-order valence-corrected chi connectivity index (χ4v) is 5.38. The van der Waals surface area contributed by atoms with Crippen molar-refractivity contribution in [3.63, 3.8) is 0 Å². The fraction of sp³-hybridized carbons (Fsp3) is 0.750. The monoisotopic (exact) mass is 338 g/mol. The molecule has 1 aromatic rings. The molecule has 0 amide bonds. The van der Waals surface area contributed by atoms with Gasteiger partial charge < -0.3 is 4.90 Å². The molecular weight excluding hydrogens is 312 g/mol. The van der Waals surface area contributed by atoms with E-state index in [0.29, 0.717) is 24.8 Å². The third kappa shape index (κ3) is 3.83. The molecule has 0 saturated carbocycles. The Morgan fingerprint density at radius 3 is 2.39 bits per heavy atom. The van der Waals surface area contributed by atoms with Crippen LogP contribution in [0.4, 0.5) is 5.95 Å². The molecule has 3 rings (SSSR count).